The summed E-state index contributed by atoms with van der Waals surface area (Å²) in [4.78, 5) is 0. The van der Waals surface area contributed by atoms with E-state index in [2.05, 4.69) is 0 Å². The molecule has 0 aliphatic rings. The molecular formula is C11H20O2. The van der Waals surface area contributed by atoms with Crippen molar-refractivity contribution in [2.45, 2.75) is 13.8 Å². The summed E-state index contributed by atoms with van der Waals surface area (Å²) in [5, 5.41) is 7.00. The van der Waals surface area contributed by atoms with Gasteiger partial charge in [-0.15, -0.1) is 0 Å². The van der Waals surface area contributed by atoms with E-state index in [-0.39, 0.29) is 0 Å². The van der Waals surface area contributed by atoms with Crippen LogP contribution in [-0.4, -0.2) is 25.4 Å². The summed E-state index contributed by atoms with van der Waals surface area (Å²) >= 11 is 0. The predicted octanol–water partition coefficient (Wildman–Crippen LogP) is 2.34. The summed E-state index contributed by atoms with van der Waals surface area (Å²) in [6, 6.07) is 12.0. The molecule has 0 aromatic heterocycles. The van der Waals surface area contributed by atoms with Crippen molar-refractivity contribution in [1.29, 1.82) is 0 Å². The molecule has 0 saturated carbocycles. The van der Waals surface area contributed by atoms with Crippen LogP contribution in [-0.2, 0) is 4.74 Å². The summed E-state index contributed by atoms with van der Waals surface area (Å²) in [6.07, 6.45) is 0. The van der Waals surface area contributed by atoms with Gasteiger partial charge in [-0.25, -0.2) is 0 Å². The molecule has 0 bridgehead atoms. The monoisotopic (exact) mass is 184 g/mol. The molecule has 1 N–H and O–H groups in total. The lowest BCUT2D eigenvalue weighted by Crippen LogP contribution is -1.84. The fourth-order valence-electron chi connectivity index (χ4n) is 0.589. The lowest BCUT2D eigenvalue weighted by atomic mass is 10.4. The second-order valence-corrected chi connectivity index (χ2v) is 1.94. The first-order chi connectivity index (χ1) is 6.41. The fourth-order valence-corrected chi connectivity index (χ4v) is 0.589. The third-order valence-electron chi connectivity index (χ3n) is 1.07. The van der Waals surface area contributed by atoms with E-state index in [1.54, 1.807) is 0 Å². The first kappa shape index (κ1) is 14.7. The van der Waals surface area contributed by atoms with Crippen LogP contribution in [0.5, 0.6) is 0 Å². The lowest BCUT2D eigenvalue weighted by molar-refractivity contribution is 0.162. The molecule has 2 heteroatoms. The van der Waals surface area contributed by atoms with Gasteiger partial charge in [0.25, 0.3) is 0 Å². The van der Waals surface area contributed by atoms with Crippen LogP contribution in [0.25, 0.3) is 0 Å². The van der Waals surface area contributed by atoms with Crippen LogP contribution in [0.3, 0.4) is 0 Å². The van der Waals surface area contributed by atoms with E-state index in [0.717, 1.165) is 20.3 Å². The highest BCUT2D eigenvalue weighted by Gasteiger charge is 1.64. The minimum atomic E-state index is 0.844. The number of aliphatic hydroxyl groups is 1. The van der Waals surface area contributed by atoms with Crippen molar-refractivity contribution >= 4 is 0 Å². The van der Waals surface area contributed by atoms with Crippen LogP contribution in [0.15, 0.2) is 36.4 Å². The number of aliphatic hydroxyl groups excluding tert-OH is 1. The highest BCUT2D eigenvalue weighted by Crippen LogP contribution is 1.79. The topological polar surface area (TPSA) is 29.5 Å². The Balaban J connectivity index is 0. The van der Waals surface area contributed by atoms with Gasteiger partial charge in [0.05, 0.1) is 0 Å². The quantitative estimate of drug-likeness (QED) is 0.764. The third-order valence-corrected chi connectivity index (χ3v) is 1.07. The summed E-state index contributed by atoms with van der Waals surface area (Å²) in [5.74, 6) is 0. The normalized spacial score (nSPS) is 7.38. The Labute approximate surface area is 81.2 Å². The first-order valence-corrected chi connectivity index (χ1v) is 4.44. The average molecular weight is 184 g/mol. The van der Waals surface area contributed by atoms with Crippen LogP contribution in [0.2, 0.25) is 0 Å². The van der Waals surface area contributed by atoms with Crippen LogP contribution >= 0.6 is 0 Å². The number of ether oxygens (including phenoxy) is 1. The maximum Gasteiger partial charge on any atom is 0.0437 e. The maximum atomic E-state index is 7.00. The van der Waals surface area contributed by atoms with Crippen LogP contribution < -0.4 is 0 Å². The second kappa shape index (κ2) is 17.3. The highest BCUT2D eigenvalue weighted by molar-refractivity contribution is 4.99. The number of hydrogen-bond donors (Lipinski definition) is 1. The fraction of sp³-hybridized carbons (Fsp3) is 0.455. The molecule has 1 aromatic rings. The minimum Gasteiger partial charge on any atom is -0.400 e. The van der Waals surface area contributed by atoms with Gasteiger partial charge in [-0.1, -0.05) is 36.4 Å². The molecular weight excluding hydrogens is 164 g/mol. The van der Waals surface area contributed by atoms with Gasteiger partial charge in [0.15, 0.2) is 0 Å². The summed E-state index contributed by atoms with van der Waals surface area (Å²) in [7, 11) is 1.00. The van der Waals surface area contributed by atoms with E-state index >= 15 is 0 Å². The Hall–Kier alpha value is -0.860. The minimum absolute atomic E-state index is 0.844. The molecule has 1 rings (SSSR count). The number of rotatable bonds is 2. The molecule has 0 amide bonds. The van der Waals surface area contributed by atoms with Crippen LogP contribution in [0, 0.1) is 0 Å². The van der Waals surface area contributed by atoms with Crippen molar-refractivity contribution in [2.24, 2.45) is 0 Å². The zero-order valence-corrected chi connectivity index (χ0v) is 8.73. The van der Waals surface area contributed by atoms with Gasteiger partial charge in [0.1, 0.15) is 0 Å². The van der Waals surface area contributed by atoms with Gasteiger partial charge in [-0.3, -0.25) is 0 Å². The van der Waals surface area contributed by atoms with Crippen molar-refractivity contribution < 1.29 is 9.84 Å². The summed E-state index contributed by atoms with van der Waals surface area (Å²) in [5.41, 5.74) is 0. The third kappa shape index (κ3) is 18.3. The van der Waals surface area contributed by atoms with Crippen molar-refractivity contribution in [3.05, 3.63) is 36.4 Å². The van der Waals surface area contributed by atoms with Gasteiger partial charge in [0, 0.05) is 20.3 Å². The van der Waals surface area contributed by atoms with E-state index in [0.29, 0.717) is 0 Å². The molecule has 13 heavy (non-hydrogen) atoms. The van der Waals surface area contributed by atoms with Gasteiger partial charge in [-0.05, 0) is 13.8 Å². The Bertz CT molecular complexity index is 111. The lowest BCUT2D eigenvalue weighted by Gasteiger charge is -1.86. The molecule has 0 unspecified atom stereocenters. The Morgan fingerprint density at radius 1 is 0.769 bits per heavy atom. The largest absolute Gasteiger partial charge is 0.400 e. The average Bonchev–Trinajstić information content (AvgIpc) is 2.25. The molecule has 1 aromatic carbocycles. The maximum absolute atomic E-state index is 7.00. The molecule has 0 fully saturated rings. The van der Waals surface area contributed by atoms with Gasteiger partial charge in [-0.2, -0.15) is 0 Å². The molecule has 0 saturated heterocycles. The molecule has 0 heterocycles. The van der Waals surface area contributed by atoms with Crippen molar-refractivity contribution in [3.63, 3.8) is 0 Å². The molecule has 0 radical (unpaired) electrons. The summed E-state index contributed by atoms with van der Waals surface area (Å²) in [6.45, 7) is 5.67. The number of benzene rings is 1. The SMILES string of the molecule is CCOCC.CO.c1ccccc1. The van der Waals surface area contributed by atoms with Crippen molar-refractivity contribution in [3.8, 4) is 0 Å². The van der Waals surface area contributed by atoms with Gasteiger partial charge >= 0.3 is 0 Å². The van der Waals surface area contributed by atoms with E-state index in [4.69, 9.17) is 9.84 Å². The van der Waals surface area contributed by atoms with E-state index < -0.39 is 0 Å². The van der Waals surface area contributed by atoms with Gasteiger partial charge in [0.2, 0.25) is 0 Å². The van der Waals surface area contributed by atoms with Gasteiger partial charge < -0.3 is 9.84 Å². The molecule has 2 nitrogen and oxygen atoms in total. The Morgan fingerprint density at radius 3 is 1.08 bits per heavy atom. The van der Waals surface area contributed by atoms with Crippen LogP contribution in [0.1, 0.15) is 13.8 Å². The first-order valence-electron chi connectivity index (χ1n) is 4.44. The van der Waals surface area contributed by atoms with Crippen LogP contribution in [0.4, 0.5) is 0 Å². The molecule has 76 valence electrons. The predicted molar refractivity (Wildman–Crippen MR) is 56.8 cm³/mol. The molecule has 0 aliphatic heterocycles. The summed E-state index contributed by atoms with van der Waals surface area (Å²) < 4.78 is 4.83. The molecule has 0 atom stereocenters. The molecule has 0 aliphatic carbocycles. The molecule has 0 spiro atoms. The smallest absolute Gasteiger partial charge is 0.0437 e. The Morgan fingerprint density at radius 2 is 1.00 bits per heavy atom. The van der Waals surface area contributed by atoms with Crippen molar-refractivity contribution in [1.82, 2.24) is 0 Å². The van der Waals surface area contributed by atoms with E-state index in [1.807, 2.05) is 50.2 Å². The van der Waals surface area contributed by atoms with E-state index in [1.165, 1.54) is 0 Å². The second-order valence-electron chi connectivity index (χ2n) is 1.94. The standard InChI is InChI=1S/C6H6.C4H10O.CH4O/c1-2-4-6-5-3-1;1-3-5-4-2;1-2/h1-6H;3-4H2,1-2H3;2H,1H3. The Kier molecular flexibility index (Phi) is 19.5. The number of hydrogen-bond acceptors (Lipinski definition) is 2. The highest BCUT2D eigenvalue weighted by atomic mass is 16.5. The van der Waals surface area contributed by atoms with Crippen molar-refractivity contribution in [2.75, 3.05) is 20.3 Å². The van der Waals surface area contributed by atoms with E-state index in [9.17, 15) is 0 Å². The zero-order chi connectivity index (χ0) is 10.4. The zero-order valence-electron chi connectivity index (χ0n) is 8.73.